The van der Waals surface area contributed by atoms with Crippen LogP contribution in [0.15, 0.2) is 28.8 Å². The van der Waals surface area contributed by atoms with E-state index in [2.05, 4.69) is 31.2 Å². The van der Waals surface area contributed by atoms with Crippen LogP contribution < -0.4 is 10.1 Å². The van der Waals surface area contributed by atoms with E-state index in [-0.39, 0.29) is 11.3 Å². The molecule has 0 saturated carbocycles. The number of carbonyl (C=O) groups is 1. The Bertz CT molecular complexity index is 726. The second kappa shape index (κ2) is 6.30. The monoisotopic (exact) mass is 328 g/mol. The van der Waals surface area contributed by atoms with Crippen molar-refractivity contribution < 1.29 is 14.1 Å². The third-order valence-electron chi connectivity index (χ3n) is 4.83. The molecular weight excluding hydrogens is 304 g/mol. The molecule has 128 valence electrons. The van der Waals surface area contributed by atoms with Gasteiger partial charge in [0.1, 0.15) is 11.5 Å². The second-order valence-electron chi connectivity index (χ2n) is 7.42. The summed E-state index contributed by atoms with van der Waals surface area (Å²) in [5.74, 6) is 1.91. The van der Waals surface area contributed by atoms with E-state index < -0.39 is 0 Å². The van der Waals surface area contributed by atoms with Crippen LogP contribution in [0.4, 0.5) is 5.69 Å². The highest BCUT2D eigenvalue weighted by Crippen LogP contribution is 2.38. The predicted octanol–water partition coefficient (Wildman–Crippen LogP) is 4.09. The van der Waals surface area contributed by atoms with Gasteiger partial charge in [0.25, 0.3) is 5.91 Å². The van der Waals surface area contributed by atoms with Gasteiger partial charge in [-0.3, -0.25) is 4.79 Å². The fraction of sp³-hybridized carbons (Fsp3) is 0.474. The fourth-order valence-corrected chi connectivity index (χ4v) is 3.19. The molecule has 1 N–H and O–H groups in total. The van der Waals surface area contributed by atoms with Crippen LogP contribution in [0.2, 0.25) is 0 Å². The minimum absolute atomic E-state index is 0.207. The van der Waals surface area contributed by atoms with E-state index in [4.69, 9.17) is 9.26 Å². The van der Waals surface area contributed by atoms with Gasteiger partial charge in [-0.1, -0.05) is 25.9 Å². The highest BCUT2D eigenvalue weighted by Gasteiger charge is 2.34. The normalized spacial score (nSPS) is 17.2. The first-order valence-electron chi connectivity index (χ1n) is 8.31. The molecule has 1 heterocycles. The number of benzene rings is 1. The Balaban J connectivity index is 1.78. The van der Waals surface area contributed by atoms with Gasteiger partial charge in [0.2, 0.25) is 0 Å². The van der Waals surface area contributed by atoms with Crippen molar-refractivity contribution in [2.24, 2.45) is 11.3 Å². The molecule has 0 saturated heterocycles. The molecule has 0 fully saturated rings. The summed E-state index contributed by atoms with van der Waals surface area (Å²) in [7, 11) is 1.61. The molecule has 1 atom stereocenters. The molecule has 1 aromatic heterocycles. The Morgan fingerprint density at radius 3 is 2.62 bits per heavy atom. The zero-order valence-corrected chi connectivity index (χ0v) is 14.7. The Kier molecular flexibility index (Phi) is 4.35. The van der Waals surface area contributed by atoms with Gasteiger partial charge in [-0.15, -0.1) is 0 Å². The number of nitrogens with one attached hydrogen (secondary N) is 1. The van der Waals surface area contributed by atoms with Crippen LogP contribution >= 0.6 is 0 Å². The quantitative estimate of drug-likeness (QED) is 0.922. The summed E-state index contributed by atoms with van der Waals surface area (Å²) in [6, 6.07) is 7.23. The molecule has 5 nitrogen and oxygen atoms in total. The SMILES string of the molecule is COc1ccc(NC(=O)c2noc3c2C[C@H](C(C)(C)C)CC3)cc1. The molecule has 1 aliphatic carbocycles. The number of ether oxygens (including phenoxy) is 1. The number of methoxy groups -OCH3 is 1. The second-order valence-corrected chi connectivity index (χ2v) is 7.42. The topological polar surface area (TPSA) is 64.4 Å². The lowest BCUT2D eigenvalue weighted by Crippen LogP contribution is -2.27. The van der Waals surface area contributed by atoms with E-state index in [0.717, 1.165) is 36.3 Å². The van der Waals surface area contributed by atoms with Crippen molar-refractivity contribution in [2.45, 2.75) is 40.0 Å². The maximum Gasteiger partial charge on any atom is 0.278 e. The zero-order chi connectivity index (χ0) is 17.3. The third kappa shape index (κ3) is 3.30. The smallest absolute Gasteiger partial charge is 0.278 e. The number of nitrogens with zero attached hydrogens (tertiary/aromatic N) is 1. The summed E-state index contributed by atoms with van der Waals surface area (Å²) < 4.78 is 10.5. The van der Waals surface area contributed by atoms with E-state index in [0.29, 0.717) is 17.3 Å². The van der Waals surface area contributed by atoms with Gasteiger partial charge in [-0.2, -0.15) is 0 Å². The molecule has 1 amide bonds. The first kappa shape index (κ1) is 16.6. The number of amides is 1. The lowest BCUT2D eigenvalue weighted by Gasteiger charge is -2.33. The number of rotatable bonds is 3. The number of hydrogen-bond donors (Lipinski definition) is 1. The maximum atomic E-state index is 12.6. The molecule has 1 aromatic carbocycles. The molecule has 0 bridgehead atoms. The molecule has 24 heavy (non-hydrogen) atoms. The van der Waals surface area contributed by atoms with Gasteiger partial charge in [0.15, 0.2) is 5.69 Å². The van der Waals surface area contributed by atoms with Crippen LogP contribution in [0.1, 0.15) is 49.0 Å². The highest BCUT2D eigenvalue weighted by atomic mass is 16.5. The Labute approximate surface area is 142 Å². The number of hydrogen-bond acceptors (Lipinski definition) is 4. The summed E-state index contributed by atoms with van der Waals surface area (Å²) in [4.78, 5) is 12.6. The summed E-state index contributed by atoms with van der Waals surface area (Å²) in [5.41, 5.74) is 2.29. The van der Waals surface area contributed by atoms with E-state index in [9.17, 15) is 4.79 Å². The number of anilines is 1. The average molecular weight is 328 g/mol. The summed E-state index contributed by atoms with van der Waals surface area (Å²) in [6.45, 7) is 6.73. The van der Waals surface area contributed by atoms with Crippen LogP contribution in [-0.4, -0.2) is 18.2 Å². The van der Waals surface area contributed by atoms with Crippen molar-refractivity contribution >= 4 is 11.6 Å². The van der Waals surface area contributed by atoms with Crippen molar-refractivity contribution in [2.75, 3.05) is 12.4 Å². The minimum Gasteiger partial charge on any atom is -0.497 e. The molecule has 2 aromatic rings. The van der Waals surface area contributed by atoms with Gasteiger partial charge in [0.05, 0.1) is 7.11 Å². The first-order chi connectivity index (χ1) is 11.4. The average Bonchev–Trinajstić information content (AvgIpc) is 2.98. The minimum atomic E-state index is -0.222. The molecule has 1 aliphatic rings. The molecule has 5 heteroatoms. The fourth-order valence-electron chi connectivity index (χ4n) is 3.19. The van der Waals surface area contributed by atoms with E-state index >= 15 is 0 Å². The first-order valence-corrected chi connectivity index (χ1v) is 8.31. The summed E-state index contributed by atoms with van der Waals surface area (Å²) in [5, 5.41) is 6.91. The molecule has 3 rings (SSSR count). The van der Waals surface area contributed by atoms with E-state index in [1.165, 1.54) is 0 Å². The largest absolute Gasteiger partial charge is 0.497 e. The van der Waals surface area contributed by atoms with E-state index in [1.807, 2.05) is 12.1 Å². The zero-order valence-electron chi connectivity index (χ0n) is 14.7. The van der Waals surface area contributed by atoms with Gasteiger partial charge in [-0.05, 0) is 48.4 Å². The predicted molar refractivity (Wildman–Crippen MR) is 92.4 cm³/mol. The van der Waals surface area contributed by atoms with Gasteiger partial charge in [0, 0.05) is 17.7 Å². The lowest BCUT2D eigenvalue weighted by atomic mass is 9.71. The highest BCUT2D eigenvalue weighted by molar-refractivity contribution is 6.04. The van der Waals surface area contributed by atoms with Crippen LogP contribution in [0.3, 0.4) is 0 Å². The van der Waals surface area contributed by atoms with Crippen molar-refractivity contribution in [3.63, 3.8) is 0 Å². The van der Waals surface area contributed by atoms with E-state index in [1.54, 1.807) is 19.2 Å². The third-order valence-corrected chi connectivity index (χ3v) is 4.83. The molecule has 0 unspecified atom stereocenters. The van der Waals surface area contributed by atoms with Crippen molar-refractivity contribution in [1.29, 1.82) is 0 Å². The summed E-state index contributed by atoms with van der Waals surface area (Å²) >= 11 is 0. The van der Waals surface area contributed by atoms with Crippen molar-refractivity contribution in [3.05, 3.63) is 41.3 Å². The van der Waals surface area contributed by atoms with Crippen LogP contribution in [0.5, 0.6) is 5.75 Å². The van der Waals surface area contributed by atoms with Crippen LogP contribution in [0, 0.1) is 11.3 Å². The lowest BCUT2D eigenvalue weighted by molar-refractivity contribution is 0.101. The van der Waals surface area contributed by atoms with Crippen LogP contribution in [-0.2, 0) is 12.8 Å². The van der Waals surface area contributed by atoms with Gasteiger partial charge in [-0.25, -0.2) is 0 Å². The molecule has 0 radical (unpaired) electrons. The number of aryl methyl sites for hydroxylation is 1. The standard InChI is InChI=1S/C19H24N2O3/c1-19(2,3)12-5-10-16-15(11-12)17(21-24-16)18(22)20-13-6-8-14(23-4)9-7-13/h6-9,12H,5,10-11H2,1-4H3,(H,20,22)/t12-/m1/s1. The maximum absolute atomic E-state index is 12.6. The van der Waals surface area contributed by atoms with Crippen molar-refractivity contribution in [1.82, 2.24) is 5.16 Å². The van der Waals surface area contributed by atoms with Gasteiger partial charge >= 0.3 is 0 Å². The number of fused-ring (bicyclic) bond motifs is 1. The Morgan fingerprint density at radius 2 is 2.00 bits per heavy atom. The molecule has 0 aliphatic heterocycles. The summed E-state index contributed by atoms with van der Waals surface area (Å²) in [6.07, 6.45) is 2.76. The molecular formula is C19H24N2O3. The Hall–Kier alpha value is -2.30. The van der Waals surface area contributed by atoms with Gasteiger partial charge < -0.3 is 14.6 Å². The van der Waals surface area contributed by atoms with Crippen LogP contribution in [0.25, 0.3) is 0 Å². The Morgan fingerprint density at radius 1 is 1.29 bits per heavy atom. The molecule has 0 spiro atoms. The van der Waals surface area contributed by atoms with Crippen molar-refractivity contribution in [3.8, 4) is 5.75 Å². The number of carbonyl (C=O) groups excluding carboxylic acids is 1. The number of aromatic nitrogens is 1.